The Morgan fingerprint density at radius 3 is 2.33 bits per heavy atom. The second kappa shape index (κ2) is 11.8. The maximum atomic E-state index is 13.4. The number of piperidine rings is 3. The molecule has 3 aromatic carbocycles. The van der Waals surface area contributed by atoms with E-state index in [-0.39, 0.29) is 29.0 Å². The number of nitrogens with zero attached hydrogens (tertiary/aromatic N) is 2. The van der Waals surface area contributed by atoms with Crippen molar-refractivity contribution in [3.8, 4) is 5.75 Å². The van der Waals surface area contributed by atoms with Crippen molar-refractivity contribution in [1.82, 2.24) is 9.88 Å². The highest BCUT2D eigenvalue weighted by Crippen LogP contribution is 2.44. The molecule has 3 aliphatic rings. The van der Waals surface area contributed by atoms with Gasteiger partial charge in [-0.2, -0.15) is 26.3 Å². The van der Waals surface area contributed by atoms with Crippen LogP contribution in [0.1, 0.15) is 41.1 Å². The molecule has 2 bridgehead atoms. The van der Waals surface area contributed by atoms with E-state index in [9.17, 15) is 35.9 Å². The van der Waals surface area contributed by atoms with Gasteiger partial charge in [0.1, 0.15) is 17.1 Å². The molecule has 4 aromatic rings. The molecule has 13 heteroatoms. The third-order valence-electron chi connectivity index (χ3n) is 9.18. The Hall–Kier alpha value is -4.39. The molecule has 0 saturated carbocycles. The van der Waals surface area contributed by atoms with Crippen molar-refractivity contribution in [2.75, 3.05) is 30.8 Å². The monoisotopic (exact) mass is 644 g/mol. The first-order chi connectivity index (χ1) is 21.8. The van der Waals surface area contributed by atoms with Gasteiger partial charge in [0.2, 0.25) is 0 Å². The highest BCUT2D eigenvalue weighted by molar-refractivity contribution is 5.85. The lowest BCUT2D eigenvalue weighted by Crippen LogP contribution is -2.56. The zero-order valence-electron chi connectivity index (χ0n) is 24.6. The molecule has 46 heavy (non-hydrogen) atoms. The summed E-state index contributed by atoms with van der Waals surface area (Å²) in [5.41, 5.74) is -3.84. The number of nitrogens with one attached hydrogen (secondary N) is 2. The Labute approximate surface area is 259 Å². The molecular weight excluding hydrogens is 614 g/mol. The quantitative estimate of drug-likeness (QED) is 0.122. The molecule has 7 nitrogen and oxygen atoms in total. The van der Waals surface area contributed by atoms with Crippen LogP contribution in [0.5, 0.6) is 5.75 Å². The normalized spacial score (nSPS) is 22.2. The number of anilines is 2. The lowest BCUT2D eigenvalue weighted by molar-refractivity contribution is -0.143. The van der Waals surface area contributed by atoms with Crippen LogP contribution in [0.4, 0.5) is 37.7 Å². The van der Waals surface area contributed by atoms with Gasteiger partial charge in [0.25, 0.3) is 10.9 Å². The van der Waals surface area contributed by atoms with E-state index < -0.39 is 46.9 Å². The Balaban J connectivity index is 1.36. The number of hydrogen-bond acceptors (Lipinski definition) is 7. The molecule has 1 unspecified atom stereocenters. The van der Waals surface area contributed by atoms with Crippen LogP contribution in [-0.4, -0.2) is 36.1 Å². The molecule has 3 aliphatic heterocycles. The summed E-state index contributed by atoms with van der Waals surface area (Å²) in [7, 11) is 1.54. The van der Waals surface area contributed by atoms with Crippen LogP contribution >= 0.6 is 0 Å². The number of pyridine rings is 1. The van der Waals surface area contributed by atoms with Crippen LogP contribution in [0.15, 0.2) is 70.9 Å². The van der Waals surface area contributed by atoms with Crippen LogP contribution < -0.4 is 26.2 Å². The van der Waals surface area contributed by atoms with Gasteiger partial charge in [-0.1, -0.05) is 6.08 Å². The second-order valence-electron chi connectivity index (χ2n) is 11.8. The summed E-state index contributed by atoms with van der Waals surface area (Å²) in [6.45, 7) is 5.01. The summed E-state index contributed by atoms with van der Waals surface area (Å²) < 4.78 is 85.9. The second-order valence-corrected chi connectivity index (χ2v) is 11.8. The smallest absolute Gasteiger partial charge is 0.416 e. The zero-order valence-corrected chi connectivity index (χ0v) is 24.6. The van der Waals surface area contributed by atoms with Crippen LogP contribution in [0.25, 0.3) is 10.9 Å². The van der Waals surface area contributed by atoms with E-state index in [1.54, 1.807) is 12.3 Å². The molecule has 0 radical (unpaired) electrons. The van der Waals surface area contributed by atoms with E-state index in [0.29, 0.717) is 35.2 Å². The van der Waals surface area contributed by atoms with Crippen molar-refractivity contribution in [3.05, 3.63) is 104 Å². The van der Waals surface area contributed by atoms with Crippen molar-refractivity contribution in [1.29, 1.82) is 0 Å². The summed E-state index contributed by atoms with van der Waals surface area (Å²) in [5, 5.41) is 6.68. The number of ether oxygens (including phenoxy) is 1. The maximum absolute atomic E-state index is 13.4. The van der Waals surface area contributed by atoms with Gasteiger partial charge in [-0.3, -0.25) is 19.5 Å². The van der Waals surface area contributed by atoms with E-state index in [4.69, 9.17) is 4.74 Å². The highest BCUT2D eigenvalue weighted by Gasteiger charge is 2.44. The first-order valence-electron chi connectivity index (χ1n) is 14.7. The summed E-state index contributed by atoms with van der Waals surface area (Å²) in [4.78, 5) is 32.5. The number of aromatic nitrogens is 1. The van der Waals surface area contributed by atoms with Crippen LogP contribution in [-0.2, 0) is 18.9 Å². The molecule has 2 N–H and O–H groups in total. The average Bonchev–Trinajstić information content (AvgIpc) is 3.04. The third kappa shape index (κ3) is 5.83. The summed E-state index contributed by atoms with van der Waals surface area (Å²) in [5.74, 6) is 1.25. The fourth-order valence-electron chi connectivity index (χ4n) is 6.82. The molecule has 1 aromatic heterocycles. The van der Waals surface area contributed by atoms with Gasteiger partial charge in [0, 0.05) is 30.7 Å². The molecule has 3 fully saturated rings. The molecule has 5 atom stereocenters. The molecule has 4 heterocycles. The zero-order chi connectivity index (χ0) is 33.0. The van der Waals surface area contributed by atoms with Gasteiger partial charge < -0.3 is 15.4 Å². The Bertz CT molecular complexity index is 1830. The van der Waals surface area contributed by atoms with E-state index >= 15 is 0 Å². The minimum atomic E-state index is -5.02. The summed E-state index contributed by atoms with van der Waals surface area (Å²) in [6, 6.07) is 7.82. The standard InChI is InChI=1S/C33H30F6N4O3/c1-3-18-16-43-9-7-19(18)12-26(43)27(23-6-8-40-25-5-4-22(46-2)14-24(23)25)42-29-28(30(44)31(29)45)41-15-17-10-20(32(34,35)36)13-21(11-17)33(37,38)39/h3-6,8,10-11,13-14,18-19,26-27,41-42H,1,7,9,12,15-16H2,2H3/t18-,19+,26-,27-/m0/s1. The number of fused-ring (bicyclic) bond motifs is 4. The minimum absolute atomic E-state index is 0.0382. The van der Waals surface area contributed by atoms with Crippen molar-refractivity contribution in [2.45, 2.75) is 43.8 Å². The van der Waals surface area contributed by atoms with E-state index in [1.165, 1.54) is 7.11 Å². The Morgan fingerprint density at radius 2 is 1.72 bits per heavy atom. The van der Waals surface area contributed by atoms with Crippen molar-refractivity contribution in [3.63, 3.8) is 0 Å². The van der Waals surface area contributed by atoms with Gasteiger partial charge in [-0.25, -0.2) is 0 Å². The van der Waals surface area contributed by atoms with Crippen LogP contribution in [0.2, 0.25) is 0 Å². The number of hydrogen-bond donors (Lipinski definition) is 2. The van der Waals surface area contributed by atoms with Gasteiger partial charge in [0.05, 0.1) is 29.8 Å². The van der Waals surface area contributed by atoms with E-state index in [1.807, 2.05) is 24.3 Å². The lowest BCUT2D eigenvalue weighted by atomic mass is 9.73. The Kier molecular flexibility index (Phi) is 8.07. The highest BCUT2D eigenvalue weighted by atomic mass is 19.4. The molecule has 242 valence electrons. The summed E-state index contributed by atoms with van der Waals surface area (Å²) in [6.07, 6.45) is -4.69. The molecule has 0 amide bonds. The van der Waals surface area contributed by atoms with Gasteiger partial charge in [-0.05, 0) is 84.8 Å². The van der Waals surface area contributed by atoms with E-state index in [0.717, 1.165) is 36.9 Å². The first kappa shape index (κ1) is 31.6. The lowest BCUT2D eigenvalue weighted by Gasteiger charge is -2.52. The van der Waals surface area contributed by atoms with E-state index in [2.05, 4.69) is 27.1 Å². The molecule has 0 spiro atoms. The average molecular weight is 645 g/mol. The van der Waals surface area contributed by atoms with Crippen molar-refractivity contribution >= 4 is 22.3 Å². The predicted octanol–water partition coefficient (Wildman–Crippen LogP) is 6.54. The van der Waals surface area contributed by atoms with Gasteiger partial charge in [-0.15, -0.1) is 6.58 Å². The molecule has 3 saturated heterocycles. The SMILES string of the molecule is C=C[C@H]1CN2CC[C@@H]1C[C@H]2[C@@H](Nc1c(NCc2cc(C(F)(F)F)cc(C(F)(F)F)c2)c(=O)c1=O)c1ccnc2ccc(OC)cc12. The molecular formula is C33H30F6N4O3. The number of halogens is 6. The predicted molar refractivity (Wildman–Crippen MR) is 162 cm³/mol. The Morgan fingerprint density at radius 1 is 1.02 bits per heavy atom. The number of alkyl halides is 6. The number of benzene rings is 2. The van der Waals surface area contributed by atoms with Crippen LogP contribution in [0, 0.1) is 11.8 Å². The number of rotatable bonds is 9. The third-order valence-corrected chi connectivity index (χ3v) is 9.18. The maximum Gasteiger partial charge on any atom is 0.416 e. The fraction of sp³-hybridized carbons (Fsp3) is 0.364. The first-order valence-corrected chi connectivity index (χ1v) is 14.7. The van der Waals surface area contributed by atoms with Crippen molar-refractivity contribution in [2.24, 2.45) is 11.8 Å². The van der Waals surface area contributed by atoms with Crippen molar-refractivity contribution < 1.29 is 31.1 Å². The largest absolute Gasteiger partial charge is 0.497 e. The summed E-state index contributed by atoms with van der Waals surface area (Å²) >= 11 is 0. The number of methoxy groups -OCH3 is 1. The molecule has 7 rings (SSSR count). The topological polar surface area (TPSA) is 83.6 Å². The molecule has 0 aliphatic carbocycles. The van der Waals surface area contributed by atoms with Crippen LogP contribution in [0.3, 0.4) is 0 Å². The van der Waals surface area contributed by atoms with Gasteiger partial charge in [0.15, 0.2) is 0 Å². The minimum Gasteiger partial charge on any atom is -0.497 e. The van der Waals surface area contributed by atoms with Gasteiger partial charge >= 0.3 is 12.4 Å². The fourth-order valence-corrected chi connectivity index (χ4v) is 6.82.